The van der Waals surface area contributed by atoms with Crippen LogP contribution in [0.3, 0.4) is 0 Å². The van der Waals surface area contributed by atoms with Gasteiger partial charge in [-0.3, -0.25) is 0 Å². The van der Waals surface area contributed by atoms with Crippen LogP contribution in [0.25, 0.3) is 0 Å². The van der Waals surface area contributed by atoms with Gasteiger partial charge in [0.2, 0.25) is 0 Å². The molecule has 0 aromatic heterocycles. The number of allylic oxidation sites excluding steroid dienone is 1. The van der Waals surface area contributed by atoms with E-state index in [-0.39, 0.29) is 0 Å². The first-order valence-corrected chi connectivity index (χ1v) is 3.66. The van der Waals surface area contributed by atoms with Crippen LogP contribution in [0.15, 0.2) is 30.5 Å². The van der Waals surface area contributed by atoms with Crippen LogP contribution in [-0.2, 0) is 0 Å². The van der Waals surface area contributed by atoms with Crippen LogP contribution in [0.4, 0.5) is 0 Å². The van der Waals surface area contributed by atoms with Crippen LogP contribution < -0.4 is 4.74 Å². The maximum absolute atomic E-state index is 5.78. The minimum absolute atomic E-state index is 0.599. The average Bonchev–Trinajstić information content (AvgIpc) is 2.03. The van der Waals surface area contributed by atoms with Crippen molar-refractivity contribution in [2.75, 3.05) is 0 Å². The van der Waals surface area contributed by atoms with E-state index in [2.05, 4.69) is 6.07 Å². The fraction of sp³-hybridized carbons (Fsp3) is 0.111. The third-order valence-electron chi connectivity index (χ3n) is 1.11. The normalized spacial score (nSPS) is 10.4. The zero-order valence-corrected chi connectivity index (χ0v) is 6.93. The Labute approximate surface area is 71.3 Å². The van der Waals surface area contributed by atoms with E-state index in [1.165, 1.54) is 0 Å². The molecule has 0 aliphatic rings. The smallest absolute Gasteiger partial charge is 0.145 e. The Morgan fingerprint density at radius 1 is 1.64 bits per heavy atom. The first-order chi connectivity index (χ1) is 5.34. The molecule has 0 fully saturated rings. The van der Waals surface area contributed by atoms with Gasteiger partial charge in [0.15, 0.2) is 0 Å². The highest BCUT2D eigenvalue weighted by atomic mass is 35.5. The molecule has 0 unspecified atom stereocenters. The molecule has 1 aromatic carbocycles. The lowest BCUT2D eigenvalue weighted by atomic mass is 10.3. The van der Waals surface area contributed by atoms with Crippen molar-refractivity contribution in [1.82, 2.24) is 0 Å². The molecule has 0 aliphatic heterocycles. The number of halogens is 1. The van der Waals surface area contributed by atoms with Gasteiger partial charge in [-0.25, -0.2) is 0 Å². The first kappa shape index (κ1) is 8.15. The molecule has 2 heteroatoms. The summed E-state index contributed by atoms with van der Waals surface area (Å²) in [6, 6.07) is 8.04. The number of rotatable bonds is 2. The Kier molecular flexibility index (Phi) is 2.99. The van der Waals surface area contributed by atoms with Gasteiger partial charge in [0, 0.05) is 0 Å². The van der Waals surface area contributed by atoms with Gasteiger partial charge in [-0.2, -0.15) is 0 Å². The summed E-state index contributed by atoms with van der Waals surface area (Å²) >= 11 is 5.78. The van der Waals surface area contributed by atoms with Crippen molar-refractivity contribution in [1.29, 1.82) is 0 Å². The molecule has 0 amide bonds. The standard InChI is InChI=1S/C9H8ClO/c1-2-7-11-9-6-4-3-5-8(9)10/h2-3,5-7H,1H3. The Morgan fingerprint density at radius 3 is 3.09 bits per heavy atom. The predicted molar refractivity (Wildman–Crippen MR) is 45.7 cm³/mol. The van der Waals surface area contributed by atoms with Crippen molar-refractivity contribution in [2.24, 2.45) is 0 Å². The minimum Gasteiger partial charge on any atom is -0.464 e. The summed E-state index contributed by atoms with van der Waals surface area (Å²) in [5, 5.41) is 0.599. The highest BCUT2D eigenvalue weighted by Gasteiger charge is 1.95. The Hall–Kier alpha value is -0.950. The zero-order valence-electron chi connectivity index (χ0n) is 6.17. The van der Waals surface area contributed by atoms with Gasteiger partial charge < -0.3 is 4.74 Å². The molecule has 0 spiro atoms. The molecule has 0 saturated carbocycles. The average molecular weight is 168 g/mol. The van der Waals surface area contributed by atoms with Gasteiger partial charge in [0.1, 0.15) is 5.75 Å². The van der Waals surface area contributed by atoms with E-state index in [0.29, 0.717) is 10.8 Å². The summed E-state index contributed by atoms with van der Waals surface area (Å²) in [5.74, 6) is 0.632. The third kappa shape index (κ3) is 2.28. The van der Waals surface area contributed by atoms with E-state index in [4.69, 9.17) is 16.3 Å². The number of hydrogen-bond acceptors (Lipinski definition) is 1. The molecular weight excluding hydrogens is 160 g/mol. The van der Waals surface area contributed by atoms with Crippen molar-refractivity contribution in [3.8, 4) is 5.75 Å². The second-order valence-corrected chi connectivity index (χ2v) is 2.35. The van der Waals surface area contributed by atoms with Crippen molar-refractivity contribution < 1.29 is 4.74 Å². The summed E-state index contributed by atoms with van der Waals surface area (Å²) in [6.07, 6.45) is 3.37. The van der Waals surface area contributed by atoms with Gasteiger partial charge in [0.05, 0.1) is 11.3 Å². The summed E-state index contributed by atoms with van der Waals surface area (Å²) in [5.41, 5.74) is 0. The van der Waals surface area contributed by atoms with Crippen molar-refractivity contribution in [3.05, 3.63) is 41.6 Å². The van der Waals surface area contributed by atoms with E-state index in [0.717, 1.165) is 0 Å². The molecule has 1 radical (unpaired) electrons. The second kappa shape index (κ2) is 4.04. The molecular formula is C9H8ClO. The fourth-order valence-corrected chi connectivity index (χ4v) is 0.790. The van der Waals surface area contributed by atoms with E-state index < -0.39 is 0 Å². The Morgan fingerprint density at radius 2 is 2.45 bits per heavy atom. The Bertz CT molecular complexity index is 255. The van der Waals surface area contributed by atoms with Crippen LogP contribution in [0.1, 0.15) is 6.92 Å². The summed E-state index contributed by atoms with van der Waals surface area (Å²) < 4.78 is 5.14. The lowest BCUT2D eigenvalue weighted by molar-refractivity contribution is 0.480. The lowest BCUT2D eigenvalue weighted by Gasteiger charge is -1.99. The fourth-order valence-electron chi connectivity index (χ4n) is 0.628. The molecule has 0 N–H and O–H groups in total. The molecule has 1 nitrogen and oxygen atoms in total. The number of benzene rings is 1. The lowest BCUT2D eigenvalue weighted by Crippen LogP contribution is -1.81. The molecule has 1 aromatic rings. The van der Waals surface area contributed by atoms with Gasteiger partial charge in [0.25, 0.3) is 0 Å². The summed E-state index contributed by atoms with van der Waals surface area (Å²) in [4.78, 5) is 0. The maximum Gasteiger partial charge on any atom is 0.145 e. The Balaban J connectivity index is 2.77. The van der Waals surface area contributed by atoms with Crippen molar-refractivity contribution in [2.45, 2.75) is 6.92 Å². The highest BCUT2D eigenvalue weighted by Crippen LogP contribution is 2.22. The van der Waals surface area contributed by atoms with Crippen LogP contribution >= 0.6 is 11.6 Å². The van der Waals surface area contributed by atoms with Crippen LogP contribution in [0.5, 0.6) is 5.75 Å². The van der Waals surface area contributed by atoms with E-state index >= 15 is 0 Å². The minimum atomic E-state index is 0.599. The molecule has 11 heavy (non-hydrogen) atoms. The van der Waals surface area contributed by atoms with Crippen molar-refractivity contribution in [3.63, 3.8) is 0 Å². The third-order valence-corrected chi connectivity index (χ3v) is 1.42. The van der Waals surface area contributed by atoms with Crippen molar-refractivity contribution >= 4 is 11.6 Å². The number of hydrogen-bond donors (Lipinski definition) is 0. The SMILES string of the molecule is CC=COc1c[c]ccc1Cl. The maximum atomic E-state index is 5.78. The van der Waals surface area contributed by atoms with Crippen LogP contribution in [0, 0.1) is 6.07 Å². The first-order valence-electron chi connectivity index (χ1n) is 3.28. The molecule has 57 valence electrons. The molecule has 0 saturated heterocycles. The quantitative estimate of drug-likeness (QED) is 0.616. The van der Waals surface area contributed by atoms with Gasteiger partial charge >= 0.3 is 0 Å². The molecule has 0 atom stereocenters. The topological polar surface area (TPSA) is 9.23 Å². The largest absolute Gasteiger partial charge is 0.464 e. The van der Waals surface area contributed by atoms with Gasteiger partial charge in [-0.05, 0) is 25.1 Å². The van der Waals surface area contributed by atoms with E-state index in [1.54, 1.807) is 30.5 Å². The molecule has 0 bridgehead atoms. The predicted octanol–water partition coefficient (Wildman–Crippen LogP) is 3.05. The summed E-state index contributed by atoms with van der Waals surface area (Å²) in [6.45, 7) is 1.88. The van der Waals surface area contributed by atoms with Crippen LogP contribution in [-0.4, -0.2) is 0 Å². The summed E-state index contributed by atoms with van der Waals surface area (Å²) in [7, 11) is 0. The second-order valence-electron chi connectivity index (χ2n) is 1.94. The molecule has 0 aliphatic carbocycles. The zero-order chi connectivity index (χ0) is 8.10. The van der Waals surface area contributed by atoms with E-state index in [1.807, 2.05) is 6.92 Å². The van der Waals surface area contributed by atoms with Crippen LogP contribution in [0.2, 0.25) is 5.02 Å². The molecule has 0 heterocycles. The van der Waals surface area contributed by atoms with E-state index in [9.17, 15) is 0 Å². The monoisotopic (exact) mass is 167 g/mol. The molecule has 1 rings (SSSR count). The highest BCUT2D eigenvalue weighted by molar-refractivity contribution is 6.32. The van der Waals surface area contributed by atoms with Gasteiger partial charge in [-0.1, -0.05) is 23.7 Å². The van der Waals surface area contributed by atoms with Gasteiger partial charge in [-0.15, -0.1) is 0 Å². The number of ether oxygens (including phenoxy) is 1.